The number of piperidine rings is 2. The van der Waals surface area contributed by atoms with Crippen molar-refractivity contribution in [3.8, 4) is 22.9 Å². The van der Waals surface area contributed by atoms with E-state index in [2.05, 4.69) is 53.8 Å². The molecule has 0 saturated carbocycles. The normalized spacial score (nSPS) is 20.4. The second kappa shape index (κ2) is 10.1. The van der Waals surface area contributed by atoms with Gasteiger partial charge in [0.25, 0.3) is 0 Å². The van der Waals surface area contributed by atoms with E-state index in [1.807, 2.05) is 12.1 Å². The summed E-state index contributed by atoms with van der Waals surface area (Å²) in [5.74, 6) is 3.90. The van der Waals surface area contributed by atoms with Crippen LogP contribution in [0.5, 0.6) is 11.5 Å². The van der Waals surface area contributed by atoms with Gasteiger partial charge in [0.1, 0.15) is 19.0 Å². The third kappa shape index (κ3) is 4.85. The van der Waals surface area contributed by atoms with E-state index in [1.165, 1.54) is 69.5 Å². The molecule has 3 aromatic rings. The smallest absolute Gasteiger partial charge is 0.162 e. The lowest BCUT2D eigenvalue weighted by Crippen LogP contribution is -2.48. The summed E-state index contributed by atoms with van der Waals surface area (Å²) in [5, 5.41) is 0. The van der Waals surface area contributed by atoms with E-state index >= 15 is 0 Å². The molecule has 3 aliphatic heterocycles. The summed E-state index contributed by atoms with van der Waals surface area (Å²) in [6.45, 7) is 14.3. The Balaban J connectivity index is 1.13. The fraction of sp³-hybridized carbons (Fsp3) is 0.567. The number of benzene rings is 2. The van der Waals surface area contributed by atoms with E-state index in [0.29, 0.717) is 19.1 Å². The van der Waals surface area contributed by atoms with Gasteiger partial charge in [-0.3, -0.25) is 0 Å². The van der Waals surface area contributed by atoms with E-state index in [0.717, 1.165) is 45.9 Å². The molecule has 0 spiro atoms. The molecular weight excluding hydrogens is 448 g/mol. The molecule has 2 aromatic carbocycles. The van der Waals surface area contributed by atoms with Gasteiger partial charge >= 0.3 is 0 Å². The Hall–Kier alpha value is -2.57. The van der Waals surface area contributed by atoms with Crippen LogP contribution in [0.25, 0.3) is 22.4 Å². The number of aromatic amines is 1. The maximum absolute atomic E-state index is 5.78. The first-order chi connectivity index (χ1) is 17.5. The zero-order valence-corrected chi connectivity index (χ0v) is 22.1. The topological polar surface area (TPSA) is 53.6 Å². The molecule has 0 radical (unpaired) electrons. The molecule has 192 valence electrons. The minimum atomic E-state index is 0.592. The first kappa shape index (κ1) is 23.8. The number of fused-ring (bicyclic) bond motifs is 2. The van der Waals surface area contributed by atoms with Gasteiger partial charge in [0.05, 0.1) is 11.0 Å². The fourth-order valence-electron chi connectivity index (χ4n) is 6.46. The van der Waals surface area contributed by atoms with Gasteiger partial charge in [0.2, 0.25) is 0 Å². The van der Waals surface area contributed by atoms with E-state index < -0.39 is 0 Å². The predicted octanol–water partition coefficient (Wildman–Crippen LogP) is 5.61. The van der Waals surface area contributed by atoms with Crippen molar-refractivity contribution in [2.45, 2.75) is 58.4 Å². The third-order valence-electron chi connectivity index (χ3n) is 8.31. The van der Waals surface area contributed by atoms with Crippen molar-refractivity contribution in [2.24, 2.45) is 5.92 Å². The molecule has 1 N–H and O–H groups in total. The number of aryl methyl sites for hydroxylation is 1. The highest BCUT2D eigenvalue weighted by molar-refractivity contribution is 5.83. The number of nitrogens with one attached hydrogen (secondary N) is 1. The minimum Gasteiger partial charge on any atom is -0.486 e. The van der Waals surface area contributed by atoms with E-state index in [4.69, 9.17) is 14.5 Å². The van der Waals surface area contributed by atoms with Crippen molar-refractivity contribution < 1.29 is 9.47 Å². The molecule has 0 atom stereocenters. The molecule has 4 heterocycles. The van der Waals surface area contributed by atoms with Crippen LogP contribution in [0.1, 0.15) is 56.6 Å². The van der Waals surface area contributed by atoms with Gasteiger partial charge in [0.15, 0.2) is 11.5 Å². The highest BCUT2D eigenvalue weighted by Gasteiger charge is 2.29. The number of hydrogen-bond acceptors (Lipinski definition) is 5. The first-order valence-electron chi connectivity index (χ1n) is 13.9. The van der Waals surface area contributed by atoms with Gasteiger partial charge in [-0.2, -0.15) is 0 Å². The quantitative estimate of drug-likeness (QED) is 0.506. The van der Waals surface area contributed by atoms with E-state index in [9.17, 15) is 0 Å². The van der Waals surface area contributed by atoms with Gasteiger partial charge in [-0.25, -0.2) is 4.98 Å². The summed E-state index contributed by atoms with van der Waals surface area (Å²) in [6, 6.07) is 11.6. The number of nitrogens with zero attached hydrogens (tertiary/aromatic N) is 3. The van der Waals surface area contributed by atoms with Gasteiger partial charge in [-0.05, 0) is 106 Å². The van der Waals surface area contributed by atoms with Crippen LogP contribution in [0.4, 0.5) is 0 Å². The zero-order valence-electron chi connectivity index (χ0n) is 22.1. The second-order valence-electron chi connectivity index (χ2n) is 11.4. The van der Waals surface area contributed by atoms with Crippen LogP contribution in [0.2, 0.25) is 0 Å². The molecule has 0 unspecified atom stereocenters. The van der Waals surface area contributed by atoms with Crippen LogP contribution in [-0.2, 0) is 0 Å². The summed E-state index contributed by atoms with van der Waals surface area (Å²) in [5.41, 5.74) is 5.94. The lowest BCUT2D eigenvalue weighted by Gasteiger charge is -2.42. The molecule has 0 amide bonds. The molecule has 1 aromatic heterocycles. The number of likely N-dealkylation sites (tertiary alicyclic amines) is 2. The van der Waals surface area contributed by atoms with E-state index in [1.54, 1.807) is 0 Å². The molecule has 0 bridgehead atoms. The van der Waals surface area contributed by atoms with Crippen LogP contribution in [0.15, 0.2) is 30.3 Å². The highest BCUT2D eigenvalue weighted by atomic mass is 16.6. The van der Waals surface area contributed by atoms with E-state index in [-0.39, 0.29) is 0 Å². The number of aromatic nitrogens is 2. The SMILES string of the molecule is Cc1cc(C2CCN(C3CCN(CC(C)C)CC3)CC2)cc2[nH]c(-c3ccc4c(c3)OCCO4)nc12. The van der Waals surface area contributed by atoms with Crippen molar-refractivity contribution >= 4 is 11.0 Å². The van der Waals surface area contributed by atoms with Crippen molar-refractivity contribution in [3.63, 3.8) is 0 Å². The molecule has 6 nitrogen and oxygen atoms in total. The summed E-state index contributed by atoms with van der Waals surface area (Å²) < 4.78 is 11.5. The predicted molar refractivity (Wildman–Crippen MR) is 145 cm³/mol. The van der Waals surface area contributed by atoms with Gasteiger partial charge in [-0.1, -0.05) is 19.9 Å². The highest BCUT2D eigenvalue weighted by Crippen LogP contribution is 2.36. The largest absolute Gasteiger partial charge is 0.486 e. The number of imidazole rings is 1. The van der Waals surface area contributed by atoms with Crippen LogP contribution in [0, 0.1) is 12.8 Å². The Labute approximate surface area is 215 Å². The number of H-pyrrole nitrogens is 1. The molecule has 2 fully saturated rings. The van der Waals surface area contributed by atoms with Crippen molar-refractivity contribution in [3.05, 3.63) is 41.5 Å². The number of hydrogen-bond donors (Lipinski definition) is 1. The zero-order chi connectivity index (χ0) is 24.6. The maximum atomic E-state index is 5.78. The van der Waals surface area contributed by atoms with Crippen LogP contribution < -0.4 is 9.47 Å². The molecule has 0 aliphatic carbocycles. The Morgan fingerprint density at radius 3 is 2.44 bits per heavy atom. The van der Waals surface area contributed by atoms with Crippen LogP contribution in [0.3, 0.4) is 0 Å². The molecule has 6 heteroatoms. The minimum absolute atomic E-state index is 0.592. The monoisotopic (exact) mass is 488 g/mol. The standard InChI is InChI=1S/C30H40N4O2/c1-20(2)19-33-10-8-25(9-11-33)34-12-6-22(7-13-34)24-16-21(3)29-26(17-24)31-30(32-29)23-4-5-27-28(18-23)36-15-14-35-27/h4-5,16-18,20,22,25H,6-15,19H2,1-3H3,(H,31,32). The lowest BCUT2D eigenvalue weighted by atomic mass is 9.87. The number of ether oxygens (including phenoxy) is 2. The maximum Gasteiger partial charge on any atom is 0.162 e. The lowest BCUT2D eigenvalue weighted by molar-refractivity contribution is 0.0828. The third-order valence-corrected chi connectivity index (χ3v) is 8.31. The molecular formula is C30H40N4O2. The fourth-order valence-corrected chi connectivity index (χ4v) is 6.46. The molecule has 36 heavy (non-hydrogen) atoms. The number of rotatable bonds is 5. The summed E-state index contributed by atoms with van der Waals surface area (Å²) in [7, 11) is 0. The average Bonchev–Trinajstić information content (AvgIpc) is 3.34. The van der Waals surface area contributed by atoms with Crippen LogP contribution in [-0.4, -0.2) is 71.7 Å². The summed E-state index contributed by atoms with van der Waals surface area (Å²) >= 11 is 0. The van der Waals surface area contributed by atoms with Gasteiger partial charge in [-0.15, -0.1) is 0 Å². The van der Waals surface area contributed by atoms with Crippen molar-refractivity contribution in [2.75, 3.05) is 45.9 Å². The summed E-state index contributed by atoms with van der Waals surface area (Å²) in [4.78, 5) is 14.0. The summed E-state index contributed by atoms with van der Waals surface area (Å²) in [6.07, 6.45) is 5.17. The van der Waals surface area contributed by atoms with Crippen LogP contribution >= 0.6 is 0 Å². The Morgan fingerprint density at radius 1 is 0.944 bits per heavy atom. The average molecular weight is 489 g/mol. The Bertz CT molecular complexity index is 1200. The van der Waals surface area contributed by atoms with Crippen molar-refractivity contribution in [1.29, 1.82) is 0 Å². The molecule has 6 rings (SSSR count). The Kier molecular flexibility index (Phi) is 6.65. The molecule has 3 aliphatic rings. The molecule has 2 saturated heterocycles. The van der Waals surface area contributed by atoms with Crippen molar-refractivity contribution in [1.82, 2.24) is 19.8 Å². The van der Waals surface area contributed by atoms with Gasteiger partial charge in [0, 0.05) is 18.2 Å². The second-order valence-corrected chi connectivity index (χ2v) is 11.4. The van der Waals surface area contributed by atoms with Gasteiger partial charge < -0.3 is 24.3 Å². The first-order valence-corrected chi connectivity index (χ1v) is 13.9. The Morgan fingerprint density at radius 2 is 1.69 bits per heavy atom.